The van der Waals surface area contributed by atoms with Gasteiger partial charge in [0.2, 0.25) is 5.91 Å². The number of rotatable bonds is 5. The Hall–Kier alpha value is -3.01. The molecule has 1 aromatic carbocycles. The number of imide groups is 2. The van der Waals surface area contributed by atoms with Crippen molar-refractivity contribution >= 4 is 46.7 Å². The molecule has 2 aliphatic rings. The van der Waals surface area contributed by atoms with E-state index in [4.69, 9.17) is 11.6 Å². The van der Waals surface area contributed by atoms with Crippen molar-refractivity contribution in [2.75, 3.05) is 11.9 Å². The highest BCUT2D eigenvalue weighted by molar-refractivity contribution is 6.45. The topological polar surface area (TPSA) is 130 Å². The summed E-state index contributed by atoms with van der Waals surface area (Å²) in [6.45, 7) is -0.689. The van der Waals surface area contributed by atoms with E-state index in [1.165, 1.54) is 12.1 Å². The average Bonchev–Trinajstić information content (AvgIpc) is 3.20. The first-order chi connectivity index (χ1) is 12.8. The molecule has 0 aromatic heterocycles. The van der Waals surface area contributed by atoms with Crippen LogP contribution in [0.3, 0.4) is 0 Å². The van der Waals surface area contributed by atoms with Crippen molar-refractivity contribution in [3.8, 4) is 0 Å². The maximum Gasteiger partial charge on any atom is 0.334 e. The highest BCUT2D eigenvalue weighted by atomic mass is 35.5. The smallest absolute Gasteiger partial charge is 0.323 e. The Morgan fingerprint density at radius 3 is 2.52 bits per heavy atom. The number of carbonyl (C=O) groups excluding carboxylic acids is 4. The molecule has 1 saturated heterocycles. The molecule has 0 unspecified atom stereocenters. The van der Waals surface area contributed by atoms with Gasteiger partial charge in [-0.15, -0.1) is 0 Å². The van der Waals surface area contributed by atoms with E-state index in [-0.39, 0.29) is 22.4 Å². The van der Waals surface area contributed by atoms with Gasteiger partial charge in [0.25, 0.3) is 5.69 Å². The number of anilines is 1. The average molecular weight is 395 g/mol. The number of carbonyl (C=O) groups is 4. The van der Waals surface area contributed by atoms with Crippen LogP contribution < -0.4 is 5.32 Å². The zero-order valence-corrected chi connectivity index (χ0v) is 14.8. The number of nitro groups is 1. The minimum atomic E-state index is -1.06. The van der Waals surface area contributed by atoms with Gasteiger partial charge in [0.05, 0.1) is 15.6 Å². The molecule has 1 saturated carbocycles. The normalized spacial score (nSPS) is 17.7. The van der Waals surface area contributed by atoms with E-state index in [9.17, 15) is 29.3 Å². The summed E-state index contributed by atoms with van der Waals surface area (Å²) in [7, 11) is 0. The lowest BCUT2D eigenvalue weighted by atomic mass is 10.2. The molecule has 3 rings (SSSR count). The van der Waals surface area contributed by atoms with Crippen LogP contribution in [0, 0.1) is 10.1 Å². The van der Waals surface area contributed by atoms with Crippen molar-refractivity contribution in [1.29, 1.82) is 0 Å². The maximum atomic E-state index is 12.4. The number of urea groups is 1. The molecule has 1 aliphatic heterocycles. The standard InChI is InChI=1S/C16H15ClN4O6/c17-11-6-5-10(21(26)27)7-12(11)18-13(22)8-19-14(23)15(24)20(16(19)25)9-3-1-2-4-9/h5-7,9H,1-4,8H2,(H,18,22). The van der Waals surface area contributed by atoms with Crippen molar-refractivity contribution in [2.45, 2.75) is 31.7 Å². The molecule has 0 atom stereocenters. The molecule has 1 N–H and O–H groups in total. The number of nitrogens with one attached hydrogen (secondary N) is 1. The van der Waals surface area contributed by atoms with Crippen molar-refractivity contribution in [3.05, 3.63) is 33.3 Å². The molecule has 11 heteroatoms. The van der Waals surface area contributed by atoms with E-state index in [1.807, 2.05) is 0 Å². The lowest BCUT2D eigenvalue weighted by molar-refractivity contribution is -0.384. The van der Waals surface area contributed by atoms with E-state index < -0.39 is 35.2 Å². The minimum absolute atomic E-state index is 0.0334. The Kier molecular flexibility index (Phi) is 5.08. The summed E-state index contributed by atoms with van der Waals surface area (Å²) in [6.07, 6.45) is 2.99. The zero-order valence-electron chi connectivity index (χ0n) is 14.0. The lowest BCUT2D eigenvalue weighted by Crippen LogP contribution is -2.41. The molecule has 27 heavy (non-hydrogen) atoms. The van der Waals surface area contributed by atoms with Crippen LogP contribution in [0.1, 0.15) is 25.7 Å². The fourth-order valence-electron chi connectivity index (χ4n) is 3.20. The van der Waals surface area contributed by atoms with Gasteiger partial charge >= 0.3 is 17.8 Å². The van der Waals surface area contributed by atoms with E-state index in [2.05, 4.69) is 5.32 Å². The monoisotopic (exact) mass is 394 g/mol. The predicted octanol–water partition coefficient (Wildman–Crippen LogP) is 1.92. The van der Waals surface area contributed by atoms with E-state index in [0.29, 0.717) is 17.7 Å². The summed E-state index contributed by atoms with van der Waals surface area (Å²) in [5.41, 5.74) is -0.320. The molecule has 1 heterocycles. The number of nitrogens with zero attached hydrogens (tertiary/aromatic N) is 3. The van der Waals surface area contributed by atoms with Crippen LogP contribution in [0.5, 0.6) is 0 Å². The Morgan fingerprint density at radius 1 is 1.22 bits per heavy atom. The number of non-ortho nitro benzene ring substituents is 1. The molecule has 1 aliphatic carbocycles. The molecule has 0 radical (unpaired) electrons. The van der Waals surface area contributed by atoms with Crippen molar-refractivity contribution in [3.63, 3.8) is 0 Å². The number of amides is 5. The van der Waals surface area contributed by atoms with Gasteiger partial charge in [-0.1, -0.05) is 24.4 Å². The van der Waals surface area contributed by atoms with Crippen LogP contribution in [0.4, 0.5) is 16.2 Å². The van der Waals surface area contributed by atoms with E-state index >= 15 is 0 Å². The highest BCUT2D eigenvalue weighted by Gasteiger charge is 2.48. The van der Waals surface area contributed by atoms with Gasteiger partial charge in [0.1, 0.15) is 6.54 Å². The molecular formula is C16H15ClN4O6. The zero-order chi connectivity index (χ0) is 19.7. The van der Waals surface area contributed by atoms with Gasteiger partial charge in [-0.05, 0) is 18.9 Å². The SMILES string of the molecule is O=C(CN1C(=O)C(=O)N(C2CCCC2)C1=O)Nc1cc([N+](=O)[O-])ccc1Cl. The molecule has 10 nitrogen and oxygen atoms in total. The Balaban J connectivity index is 1.71. The Labute approximate surface area is 158 Å². The fourth-order valence-corrected chi connectivity index (χ4v) is 3.37. The number of hydrogen-bond acceptors (Lipinski definition) is 6. The summed E-state index contributed by atoms with van der Waals surface area (Å²) in [4.78, 5) is 60.5. The summed E-state index contributed by atoms with van der Waals surface area (Å²) in [5, 5.41) is 13.2. The van der Waals surface area contributed by atoms with Crippen molar-refractivity contribution < 1.29 is 24.1 Å². The van der Waals surface area contributed by atoms with Crippen LogP contribution in [0.2, 0.25) is 5.02 Å². The summed E-state index contributed by atoms with van der Waals surface area (Å²) in [6, 6.07) is 2.32. The molecular weight excluding hydrogens is 380 g/mol. The van der Waals surface area contributed by atoms with Crippen molar-refractivity contribution in [2.24, 2.45) is 0 Å². The number of halogens is 1. The molecule has 0 spiro atoms. The summed E-state index contributed by atoms with van der Waals surface area (Å²) >= 11 is 5.90. The second-order valence-corrected chi connectivity index (χ2v) is 6.66. The molecule has 142 valence electrons. The van der Waals surface area contributed by atoms with Gasteiger partial charge in [0, 0.05) is 18.2 Å². The second kappa shape index (κ2) is 7.31. The predicted molar refractivity (Wildman–Crippen MR) is 92.9 cm³/mol. The van der Waals surface area contributed by atoms with Crippen LogP contribution >= 0.6 is 11.6 Å². The maximum absolute atomic E-state index is 12.4. The molecule has 5 amide bonds. The highest BCUT2D eigenvalue weighted by Crippen LogP contribution is 2.29. The molecule has 0 bridgehead atoms. The first-order valence-electron chi connectivity index (χ1n) is 8.22. The summed E-state index contributed by atoms with van der Waals surface area (Å²) < 4.78 is 0. The van der Waals surface area contributed by atoms with E-state index in [0.717, 1.165) is 23.8 Å². The third-order valence-corrected chi connectivity index (χ3v) is 4.84. The first kappa shape index (κ1) is 18.8. The summed E-state index contributed by atoms with van der Waals surface area (Å²) in [5.74, 6) is -2.81. The fraction of sp³-hybridized carbons (Fsp3) is 0.375. The van der Waals surface area contributed by atoms with E-state index in [1.54, 1.807) is 0 Å². The van der Waals surface area contributed by atoms with Crippen LogP contribution in [0.25, 0.3) is 0 Å². The molecule has 2 fully saturated rings. The van der Waals surface area contributed by atoms with Gasteiger partial charge in [0.15, 0.2) is 0 Å². The lowest BCUT2D eigenvalue weighted by Gasteiger charge is -2.20. The van der Waals surface area contributed by atoms with Crippen molar-refractivity contribution in [1.82, 2.24) is 9.80 Å². The van der Waals surface area contributed by atoms with Crippen LogP contribution in [0.15, 0.2) is 18.2 Å². The van der Waals surface area contributed by atoms with Gasteiger partial charge in [-0.2, -0.15) is 0 Å². The van der Waals surface area contributed by atoms with Gasteiger partial charge in [-0.25, -0.2) is 9.69 Å². The quantitative estimate of drug-likeness (QED) is 0.351. The third kappa shape index (κ3) is 3.61. The van der Waals surface area contributed by atoms with Gasteiger partial charge < -0.3 is 5.32 Å². The second-order valence-electron chi connectivity index (χ2n) is 6.26. The first-order valence-corrected chi connectivity index (χ1v) is 8.60. The van der Waals surface area contributed by atoms with Crippen LogP contribution in [-0.2, 0) is 14.4 Å². The number of hydrogen-bond donors (Lipinski definition) is 1. The molecule has 1 aromatic rings. The largest absolute Gasteiger partial charge is 0.334 e. The number of nitro benzene ring substituents is 1. The third-order valence-electron chi connectivity index (χ3n) is 4.51. The van der Waals surface area contributed by atoms with Crippen LogP contribution in [-0.4, -0.2) is 51.1 Å². The minimum Gasteiger partial charge on any atom is -0.323 e. The van der Waals surface area contributed by atoms with Gasteiger partial charge in [-0.3, -0.25) is 29.4 Å². The Bertz CT molecular complexity index is 851. The number of benzene rings is 1. The Morgan fingerprint density at radius 2 is 1.89 bits per heavy atom.